The SMILES string of the molecule is CCCNC(C)(CC(C)OCC1CCCCO1)C(=O)OC. The molecule has 1 N–H and O–H groups in total. The van der Waals surface area contributed by atoms with Crippen molar-refractivity contribution < 1.29 is 19.0 Å². The molecule has 1 heterocycles. The van der Waals surface area contributed by atoms with Gasteiger partial charge in [-0.1, -0.05) is 6.92 Å². The van der Waals surface area contributed by atoms with Crippen LogP contribution in [0.2, 0.25) is 0 Å². The van der Waals surface area contributed by atoms with Crippen LogP contribution in [0.1, 0.15) is 52.9 Å². The number of carbonyl (C=O) groups is 1. The van der Waals surface area contributed by atoms with Gasteiger partial charge in [-0.15, -0.1) is 0 Å². The van der Waals surface area contributed by atoms with Crippen LogP contribution in [0.5, 0.6) is 0 Å². The average molecular weight is 301 g/mol. The van der Waals surface area contributed by atoms with Gasteiger partial charge in [-0.05, 0) is 46.1 Å². The van der Waals surface area contributed by atoms with E-state index in [0.29, 0.717) is 13.0 Å². The number of hydrogen-bond acceptors (Lipinski definition) is 5. The van der Waals surface area contributed by atoms with Crippen molar-refractivity contribution in [3.05, 3.63) is 0 Å². The molecule has 21 heavy (non-hydrogen) atoms. The lowest BCUT2D eigenvalue weighted by molar-refractivity contribution is -0.150. The third kappa shape index (κ3) is 6.32. The molecule has 0 spiro atoms. The largest absolute Gasteiger partial charge is 0.468 e. The summed E-state index contributed by atoms with van der Waals surface area (Å²) in [6.45, 7) is 8.17. The van der Waals surface area contributed by atoms with Gasteiger partial charge in [-0.2, -0.15) is 0 Å². The van der Waals surface area contributed by atoms with E-state index in [1.165, 1.54) is 13.5 Å². The first-order valence-electron chi connectivity index (χ1n) is 8.08. The molecule has 0 aromatic heterocycles. The molecule has 0 aromatic carbocycles. The summed E-state index contributed by atoms with van der Waals surface area (Å²) in [6, 6.07) is 0. The minimum Gasteiger partial charge on any atom is -0.468 e. The van der Waals surface area contributed by atoms with Crippen LogP contribution in [0.15, 0.2) is 0 Å². The van der Waals surface area contributed by atoms with Crippen molar-refractivity contribution in [1.82, 2.24) is 5.32 Å². The number of ether oxygens (including phenoxy) is 3. The zero-order valence-corrected chi connectivity index (χ0v) is 13.9. The Hall–Kier alpha value is -0.650. The normalized spacial score (nSPS) is 23.3. The maximum atomic E-state index is 12.0. The van der Waals surface area contributed by atoms with Gasteiger partial charge < -0.3 is 19.5 Å². The second kappa shape index (κ2) is 9.38. The molecule has 3 atom stereocenters. The second-order valence-electron chi connectivity index (χ2n) is 6.09. The van der Waals surface area contributed by atoms with Gasteiger partial charge in [0.2, 0.25) is 0 Å². The van der Waals surface area contributed by atoms with Gasteiger partial charge in [-0.3, -0.25) is 4.79 Å². The molecule has 124 valence electrons. The third-order valence-corrected chi connectivity index (χ3v) is 3.94. The summed E-state index contributed by atoms with van der Waals surface area (Å²) in [5.41, 5.74) is -0.697. The minimum absolute atomic E-state index is 0.0241. The Morgan fingerprint density at radius 2 is 2.24 bits per heavy atom. The van der Waals surface area contributed by atoms with E-state index in [1.54, 1.807) is 0 Å². The number of methoxy groups -OCH3 is 1. The minimum atomic E-state index is -0.697. The van der Waals surface area contributed by atoms with Gasteiger partial charge in [0.25, 0.3) is 0 Å². The van der Waals surface area contributed by atoms with Gasteiger partial charge >= 0.3 is 5.97 Å². The Kier molecular flexibility index (Phi) is 8.22. The van der Waals surface area contributed by atoms with Crippen molar-refractivity contribution in [1.29, 1.82) is 0 Å². The Bertz CT molecular complexity index is 305. The zero-order chi connectivity index (χ0) is 15.7. The van der Waals surface area contributed by atoms with Crippen molar-refractivity contribution in [2.24, 2.45) is 0 Å². The topological polar surface area (TPSA) is 56.8 Å². The number of esters is 1. The van der Waals surface area contributed by atoms with E-state index in [9.17, 15) is 4.79 Å². The van der Waals surface area contributed by atoms with E-state index in [2.05, 4.69) is 12.2 Å². The van der Waals surface area contributed by atoms with Gasteiger partial charge in [0.1, 0.15) is 5.54 Å². The highest BCUT2D eigenvalue weighted by Gasteiger charge is 2.35. The molecule has 0 amide bonds. The lowest BCUT2D eigenvalue weighted by Crippen LogP contribution is -2.52. The summed E-state index contributed by atoms with van der Waals surface area (Å²) < 4.78 is 16.5. The Morgan fingerprint density at radius 3 is 2.81 bits per heavy atom. The smallest absolute Gasteiger partial charge is 0.325 e. The summed E-state index contributed by atoms with van der Waals surface area (Å²) in [5, 5.41) is 3.28. The van der Waals surface area contributed by atoms with Crippen LogP contribution in [-0.4, -0.2) is 50.6 Å². The lowest BCUT2D eigenvalue weighted by atomic mass is 9.94. The fraction of sp³-hybridized carbons (Fsp3) is 0.938. The average Bonchev–Trinajstić information content (AvgIpc) is 2.51. The van der Waals surface area contributed by atoms with Crippen molar-refractivity contribution >= 4 is 5.97 Å². The predicted molar refractivity (Wildman–Crippen MR) is 82.3 cm³/mol. The molecule has 1 aliphatic heterocycles. The quantitative estimate of drug-likeness (QED) is 0.662. The third-order valence-electron chi connectivity index (χ3n) is 3.94. The Balaban J connectivity index is 2.42. The lowest BCUT2D eigenvalue weighted by Gasteiger charge is -2.31. The van der Waals surface area contributed by atoms with Crippen LogP contribution in [0.4, 0.5) is 0 Å². The van der Waals surface area contributed by atoms with Crippen LogP contribution >= 0.6 is 0 Å². The fourth-order valence-electron chi connectivity index (χ4n) is 2.70. The molecule has 0 bridgehead atoms. The molecule has 1 aliphatic rings. The molecular formula is C16H31NO4. The van der Waals surface area contributed by atoms with Crippen molar-refractivity contribution in [2.75, 3.05) is 26.9 Å². The molecule has 1 saturated heterocycles. The van der Waals surface area contributed by atoms with E-state index < -0.39 is 5.54 Å². The predicted octanol–water partition coefficient (Wildman–Crippen LogP) is 2.28. The van der Waals surface area contributed by atoms with Gasteiger partial charge in [0.05, 0.1) is 25.9 Å². The number of nitrogens with one attached hydrogen (secondary N) is 1. The first-order valence-corrected chi connectivity index (χ1v) is 8.08. The van der Waals surface area contributed by atoms with E-state index >= 15 is 0 Å². The number of hydrogen-bond donors (Lipinski definition) is 1. The molecule has 1 fully saturated rings. The Morgan fingerprint density at radius 1 is 1.48 bits per heavy atom. The van der Waals surface area contributed by atoms with Crippen molar-refractivity contribution in [2.45, 2.75) is 70.6 Å². The summed E-state index contributed by atoms with van der Waals surface area (Å²) in [6.07, 6.45) is 5.16. The van der Waals surface area contributed by atoms with Crippen LogP contribution < -0.4 is 5.32 Å². The highest BCUT2D eigenvalue weighted by molar-refractivity contribution is 5.80. The van der Waals surface area contributed by atoms with E-state index in [-0.39, 0.29) is 18.2 Å². The highest BCUT2D eigenvalue weighted by Crippen LogP contribution is 2.19. The summed E-state index contributed by atoms with van der Waals surface area (Å²) in [7, 11) is 1.43. The molecule has 0 radical (unpaired) electrons. The number of rotatable bonds is 9. The zero-order valence-electron chi connectivity index (χ0n) is 13.9. The summed E-state index contributed by atoms with van der Waals surface area (Å²) in [5.74, 6) is -0.236. The van der Waals surface area contributed by atoms with Gasteiger partial charge in [0, 0.05) is 13.0 Å². The molecule has 3 unspecified atom stereocenters. The van der Waals surface area contributed by atoms with E-state index in [4.69, 9.17) is 14.2 Å². The first-order chi connectivity index (χ1) is 10.0. The maximum Gasteiger partial charge on any atom is 0.325 e. The molecule has 0 saturated carbocycles. The number of carbonyl (C=O) groups excluding carboxylic acids is 1. The highest BCUT2D eigenvalue weighted by atomic mass is 16.5. The monoisotopic (exact) mass is 301 g/mol. The standard InChI is InChI=1S/C16H31NO4/c1-5-9-17-16(3,15(18)19-4)11-13(2)21-12-14-8-6-7-10-20-14/h13-14,17H,5-12H2,1-4H3. The van der Waals surface area contributed by atoms with Crippen molar-refractivity contribution in [3.8, 4) is 0 Å². The van der Waals surface area contributed by atoms with Crippen LogP contribution in [0.3, 0.4) is 0 Å². The van der Waals surface area contributed by atoms with E-state index in [0.717, 1.165) is 32.4 Å². The van der Waals surface area contributed by atoms with Gasteiger partial charge in [0.15, 0.2) is 0 Å². The molecule has 5 nitrogen and oxygen atoms in total. The first kappa shape index (κ1) is 18.4. The molecule has 5 heteroatoms. The van der Waals surface area contributed by atoms with Gasteiger partial charge in [-0.25, -0.2) is 0 Å². The molecular weight excluding hydrogens is 270 g/mol. The van der Waals surface area contributed by atoms with Crippen LogP contribution in [-0.2, 0) is 19.0 Å². The maximum absolute atomic E-state index is 12.0. The molecule has 1 rings (SSSR count). The van der Waals surface area contributed by atoms with E-state index in [1.807, 2.05) is 13.8 Å². The Labute approximate surface area is 128 Å². The second-order valence-corrected chi connectivity index (χ2v) is 6.09. The summed E-state index contributed by atoms with van der Waals surface area (Å²) in [4.78, 5) is 12.0. The summed E-state index contributed by atoms with van der Waals surface area (Å²) >= 11 is 0. The fourth-order valence-corrected chi connectivity index (χ4v) is 2.70. The van der Waals surface area contributed by atoms with Crippen molar-refractivity contribution in [3.63, 3.8) is 0 Å². The van der Waals surface area contributed by atoms with Crippen LogP contribution in [0, 0.1) is 0 Å². The molecule has 0 aliphatic carbocycles. The van der Waals surface area contributed by atoms with Crippen LogP contribution in [0.25, 0.3) is 0 Å². The molecule has 0 aromatic rings.